The van der Waals surface area contributed by atoms with E-state index in [0.29, 0.717) is 6.10 Å². The number of aliphatic hydroxyl groups is 1. The molecule has 0 saturated heterocycles. The number of ether oxygens (including phenoxy) is 1. The highest BCUT2D eigenvalue weighted by molar-refractivity contribution is 5.22. The van der Waals surface area contributed by atoms with E-state index in [9.17, 15) is 5.11 Å². The Balaban J connectivity index is 1.95. The molecular formula is C15H23NO2. The number of benzene rings is 1. The average molecular weight is 249 g/mol. The second kappa shape index (κ2) is 6.32. The van der Waals surface area contributed by atoms with Crippen LogP contribution in [0.2, 0.25) is 0 Å². The Morgan fingerprint density at radius 3 is 2.44 bits per heavy atom. The summed E-state index contributed by atoms with van der Waals surface area (Å²) in [7, 11) is 0. The van der Waals surface area contributed by atoms with E-state index >= 15 is 0 Å². The fourth-order valence-corrected chi connectivity index (χ4v) is 2.50. The molecule has 1 saturated carbocycles. The minimum atomic E-state index is -1.06. The van der Waals surface area contributed by atoms with Gasteiger partial charge in [-0.25, -0.2) is 0 Å². The number of rotatable bonds is 5. The molecule has 1 aliphatic rings. The molecule has 1 fully saturated rings. The average Bonchev–Trinajstić information content (AvgIpc) is 2.47. The van der Waals surface area contributed by atoms with E-state index in [1.165, 1.54) is 19.3 Å². The van der Waals surface area contributed by atoms with Crippen molar-refractivity contribution in [2.45, 2.75) is 43.8 Å². The molecule has 3 N–H and O–H groups in total. The molecule has 0 amide bonds. The molecule has 1 atom stereocenters. The van der Waals surface area contributed by atoms with Crippen LogP contribution in [0.3, 0.4) is 0 Å². The number of nitrogens with two attached hydrogens (primary N) is 1. The van der Waals surface area contributed by atoms with E-state index in [2.05, 4.69) is 0 Å². The fourth-order valence-electron chi connectivity index (χ4n) is 2.50. The van der Waals surface area contributed by atoms with Gasteiger partial charge in [-0.05, 0) is 18.4 Å². The van der Waals surface area contributed by atoms with Gasteiger partial charge in [-0.3, -0.25) is 0 Å². The summed E-state index contributed by atoms with van der Waals surface area (Å²) in [6.45, 7) is 0.474. The van der Waals surface area contributed by atoms with Crippen molar-refractivity contribution in [3.05, 3.63) is 35.9 Å². The van der Waals surface area contributed by atoms with Crippen LogP contribution in [0.4, 0.5) is 0 Å². The van der Waals surface area contributed by atoms with Gasteiger partial charge >= 0.3 is 0 Å². The molecule has 0 aliphatic heterocycles. The minimum absolute atomic E-state index is 0.184. The third kappa shape index (κ3) is 3.31. The topological polar surface area (TPSA) is 55.5 Å². The van der Waals surface area contributed by atoms with Crippen LogP contribution in [-0.4, -0.2) is 24.4 Å². The van der Waals surface area contributed by atoms with E-state index in [4.69, 9.17) is 10.5 Å². The second-order valence-electron chi connectivity index (χ2n) is 5.17. The normalized spacial score (nSPS) is 20.6. The van der Waals surface area contributed by atoms with Crippen molar-refractivity contribution in [3.8, 4) is 0 Å². The molecule has 3 nitrogen and oxygen atoms in total. The number of hydrogen-bond acceptors (Lipinski definition) is 3. The van der Waals surface area contributed by atoms with Crippen molar-refractivity contribution in [2.24, 2.45) is 5.73 Å². The van der Waals surface area contributed by atoms with E-state index in [0.717, 1.165) is 18.4 Å². The van der Waals surface area contributed by atoms with Crippen molar-refractivity contribution in [2.75, 3.05) is 13.2 Å². The molecule has 1 aromatic carbocycles. The smallest absolute Gasteiger partial charge is 0.125 e. The molecule has 0 heterocycles. The quantitative estimate of drug-likeness (QED) is 0.841. The van der Waals surface area contributed by atoms with E-state index < -0.39 is 5.60 Å². The van der Waals surface area contributed by atoms with Gasteiger partial charge in [-0.1, -0.05) is 49.6 Å². The van der Waals surface area contributed by atoms with Crippen LogP contribution in [0.5, 0.6) is 0 Å². The molecule has 0 aromatic heterocycles. The Morgan fingerprint density at radius 2 is 1.83 bits per heavy atom. The maximum atomic E-state index is 10.6. The highest BCUT2D eigenvalue weighted by Crippen LogP contribution is 2.25. The lowest BCUT2D eigenvalue weighted by Crippen LogP contribution is -2.41. The van der Waals surface area contributed by atoms with Crippen molar-refractivity contribution in [1.82, 2.24) is 0 Å². The SMILES string of the molecule is NCC(O)(COC1CCCCC1)c1ccccc1. The van der Waals surface area contributed by atoms with Crippen LogP contribution in [0.25, 0.3) is 0 Å². The third-order valence-corrected chi connectivity index (χ3v) is 3.76. The molecule has 100 valence electrons. The minimum Gasteiger partial charge on any atom is -0.381 e. The molecule has 1 unspecified atom stereocenters. The first-order valence-electron chi connectivity index (χ1n) is 6.84. The van der Waals surface area contributed by atoms with Crippen LogP contribution in [0.1, 0.15) is 37.7 Å². The van der Waals surface area contributed by atoms with Crippen LogP contribution in [0, 0.1) is 0 Å². The largest absolute Gasteiger partial charge is 0.381 e. The van der Waals surface area contributed by atoms with Gasteiger partial charge in [0.1, 0.15) is 5.60 Å². The molecule has 0 radical (unpaired) electrons. The van der Waals surface area contributed by atoms with Crippen molar-refractivity contribution in [3.63, 3.8) is 0 Å². The Morgan fingerprint density at radius 1 is 1.17 bits per heavy atom. The van der Waals surface area contributed by atoms with Gasteiger partial charge in [0.25, 0.3) is 0 Å². The molecule has 0 spiro atoms. The van der Waals surface area contributed by atoms with Gasteiger partial charge in [0.15, 0.2) is 0 Å². The first-order chi connectivity index (χ1) is 8.74. The van der Waals surface area contributed by atoms with E-state index in [-0.39, 0.29) is 13.2 Å². The summed E-state index contributed by atoms with van der Waals surface area (Å²) >= 11 is 0. The zero-order valence-corrected chi connectivity index (χ0v) is 10.8. The van der Waals surface area contributed by atoms with Gasteiger partial charge in [0.2, 0.25) is 0 Å². The zero-order valence-electron chi connectivity index (χ0n) is 10.8. The monoisotopic (exact) mass is 249 g/mol. The lowest BCUT2D eigenvalue weighted by atomic mass is 9.94. The summed E-state index contributed by atoms with van der Waals surface area (Å²) in [4.78, 5) is 0. The van der Waals surface area contributed by atoms with Crippen molar-refractivity contribution in [1.29, 1.82) is 0 Å². The third-order valence-electron chi connectivity index (χ3n) is 3.76. The summed E-state index contributed by atoms with van der Waals surface area (Å²) in [5.74, 6) is 0. The maximum absolute atomic E-state index is 10.6. The summed E-state index contributed by atoms with van der Waals surface area (Å²) in [6, 6.07) is 9.56. The molecule has 18 heavy (non-hydrogen) atoms. The highest BCUT2D eigenvalue weighted by atomic mass is 16.5. The van der Waals surface area contributed by atoms with Gasteiger partial charge in [-0.15, -0.1) is 0 Å². The summed E-state index contributed by atoms with van der Waals surface area (Å²) < 4.78 is 5.86. The maximum Gasteiger partial charge on any atom is 0.125 e. The predicted octanol–water partition coefficient (Wildman–Crippen LogP) is 2.18. The molecule has 2 rings (SSSR count). The Bertz CT molecular complexity index is 349. The van der Waals surface area contributed by atoms with Crippen LogP contribution < -0.4 is 5.73 Å². The first kappa shape index (κ1) is 13.5. The lowest BCUT2D eigenvalue weighted by Gasteiger charge is -2.30. The molecule has 1 aliphatic carbocycles. The Hall–Kier alpha value is -0.900. The first-order valence-corrected chi connectivity index (χ1v) is 6.84. The zero-order chi connectivity index (χ0) is 12.8. The Labute approximate surface area is 109 Å². The van der Waals surface area contributed by atoms with E-state index in [1.807, 2.05) is 30.3 Å². The van der Waals surface area contributed by atoms with Gasteiger partial charge in [0.05, 0.1) is 12.7 Å². The highest BCUT2D eigenvalue weighted by Gasteiger charge is 2.29. The van der Waals surface area contributed by atoms with Gasteiger partial charge in [-0.2, -0.15) is 0 Å². The second-order valence-corrected chi connectivity index (χ2v) is 5.17. The van der Waals surface area contributed by atoms with Crippen LogP contribution in [-0.2, 0) is 10.3 Å². The Kier molecular flexibility index (Phi) is 4.75. The molecule has 0 bridgehead atoms. The molecular weight excluding hydrogens is 226 g/mol. The van der Waals surface area contributed by atoms with Gasteiger partial charge < -0.3 is 15.6 Å². The summed E-state index contributed by atoms with van der Waals surface area (Å²) in [5, 5.41) is 10.6. The number of hydrogen-bond donors (Lipinski definition) is 2. The summed E-state index contributed by atoms with van der Waals surface area (Å²) in [6.07, 6.45) is 6.28. The van der Waals surface area contributed by atoms with Crippen molar-refractivity contribution < 1.29 is 9.84 Å². The fraction of sp³-hybridized carbons (Fsp3) is 0.600. The standard InChI is InChI=1S/C15H23NO2/c16-11-15(17,13-7-3-1-4-8-13)12-18-14-9-5-2-6-10-14/h1,3-4,7-8,14,17H,2,5-6,9-12,16H2. The van der Waals surface area contributed by atoms with Crippen LogP contribution >= 0.6 is 0 Å². The predicted molar refractivity (Wildman–Crippen MR) is 72.2 cm³/mol. The molecule has 1 aromatic rings. The van der Waals surface area contributed by atoms with E-state index in [1.54, 1.807) is 0 Å². The van der Waals surface area contributed by atoms with Crippen LogP contribution in [0.15, 0.2) is 30.3 Å². The lowest BCUT2D eigenvalue weighted by molar-refractivity contribution is -0.0800. The summed E-state index contributed by atoms with van der Waals surface area (Å²) in [5.41, 5.74) is 5.50. The van der Waals surface area contributed by atoms with Crippen molar-refractivity contribution >= 4 is 0 Å². The van der Waals surface area contributed by atoms with Gasteiger partial charge in [0, 0.05) is 6.54 Å². The molecule has 3 heteroatoms.